The summed E-state index contributed by atoms with van der Waals surface area (Å²) in [5, 5.41) is 14.0. The van der Waals surface area contributed by atoms with Gasteiger partial charge in [-0.15, -0.1) is 0 Å². The molecule has 0 aliphatic rings. The average molecular weight is 257 g/mol. The van der Waals surface area contributed by atoms with Gasteiger partial charge < -0.3 is 10.4 Å². The lowest BCUT2D eigenvalue weighted by atomic mass is 10.1. The lowest BCUT2D eigenvalue weighted by Crippen LogP contribution is -2.31. The Morgan fingerprint density at radius 3 is 2.53 bits per heavy atom. The Morgan fingerprint density at radius 1 is 1.16 bits per heavy atom. The lowest BCUT2D eigenvalue weighted by Gasteiger charge is -2.16. The summed E-state index contributed by atoms with van der Waals surface area (Å²) in [6, 6.07) is 12.4. The van der Waals surface area contributed by atoms with Crippen molar-refractivity contribution >= 4 is 28.2 Å². The fraction of sp³-hybridized carbons (Fsp3) is 0.200. The molecule has 2 aromatic carbocycles. The Hall–Kier alpha value is -2.36. The summed E-state index contributed by atoms with van der Waals surface area (Å²) in [6.07, 6.45) is -0.0292. The third kappa shape index (κ3) is 3.10. The molecule has 0 fully saturated rings. The van der Waals surface area contributed by atoms with Crippen molar-refractivity contribution in [2.75, 3.05) is 5.32 Å². The minimum absolute atomic E-state index is 0.0292. The first-order chi connectivity index (χ1) is 9.08. The van der Waals surface area contributed by atoms with E-state index in [4.69, 9.17) is 5.11 Å². The summed E-state index contributed by atoms with van der Waals surface area (Å²) in [5.74, 6) is -1.18. The number of carbonyl (C=O) groups excluding carboxylic acids is 1. The van der Waals surface area contributed by atoms with Gasteiger partial charge in [-0.25, -0.2) is 4.79 Å². The third-order valence-corrected chi connectivity index (χ3v) is 2.91. The minimum Gasteiger partial charge on any atom is -0.480 e. The highest BCUT2D eigenvalue weighted by Gasteiger charge is 2.19. The highest BCUT2D eigenvalue weighted by molar-refractivity contribution is 5.96. The number of ketones is 1. The van der Waals surface area contributed by atoms with E-state index < -0.39 is 12.0 Å². The number of carboxylic acids is 1. The molecule has 2 N–H and O–H groups in total. The van der Waals surface area contributed by atoms with Gasteiger partial charge in [-0.2, -0.15) is 0 Å². The van der Waals surface area contributed by atoms with E-state index in [1.54, 1.807) is 0 Å². The van der Waals surface area contributed by atoms with E-state index in [1.165, 1.54) is 6.92 Å². The van der Waals surface area contributed by atoms with E-state index in [2.05, 4.69) is 5.32 Å². The zero-order valence-corrected chi connectivity index (χ0v) is 10.6. The number of hydrogen-bond donors (Lipinski definition) is 2. The molecule has 0 bridgehead atoms. The standard InChI is InChI=1S/C15H15NO3/c1-10(17)9-14(15(18)19)16-13-8-4-6-11-5-2-3-7-12(11)13/h2-8,14,16H,9H2,1H3,(H,18,19)/t14-/m0/s1. The number of anilines is 1. The van der Waals surface area contributed by atoms with Crippen molar-refractivity contribution in [2.45, 2.75) is 19.4 Å². The van der Waals surface area contributed by atoms with Crippen molar-refractivity contribution in [3.05, 3.63) is 42.5 Å². The molecular formula is C15H15NO3. The molecule has 19 heavy (non-hydrogen) atoms. The third-order valence-electron chi connectivity index (χ3n) is 2.91. The molecule has 1 atom stereocenters. The Labute approximate surface area is 111 Å². The maximum absolute atomic E-state index is 11.2. The summed E-state index contributed by atoms with van der Waals surface area (Å²) in [5.41, 5.74) is 0.728. The van der Waals surface area contributed by atoms with E-state index in [1.807, 2.05) is 42.5 Å². The van der Waals surface area contributed by atoms with Gasteiger partial charge in [-0.05, 0) is 18.4 Å². The molecule has 2 aromatic rings. The van der Waals surface area contributed by atoms with E-state index in [-0.39, 0.29) is 12.2 Å². The van der Waals surface area contributed by atoms with E-state index >= 15 is 0 Å². The van der Waals surface area contributed by atoms with Gasteiger partial charge in [0.05, 0.1) is 0 Å². The number of hydrogen-bond acceptors (Lipinski definition) is 3. The van der Waals surface area contributed by atoms with Gasteiger partial charge in [0.1, 0.15) is 11.8 Å². The van der Waals surface area contributed by atoms with E-state index in [0.29, 0.717) is 0 Å². The average Bonchev–Trinajstić information content (AvgIpc) is 2.37. The molecule has 0 heterocycles. The molecule has 98 valence electrons. The molecule has 0 aliphatic carbocycles. The molecule has 4 heteroatoms. The molecule has 2 rings (SSSR count). The summed E-state index contributed by atoms with van der Waals surface area (Å²) in [6.45, 7) is 1.39. The predicted molar refractivity (Wildman–Crippen MR) is 74.3 cm³/mol. The van der Waals surface area contributed by atoms with Gasteiger partial charge in [0.15, 0.2) is 0 Å². The van der Waals surface area contributed by atoms with Crippen molar-refractivity contribution in [3.63, 3.8) is 0 Å². The number of aliphatic carboxylic acids is 1. The van der Waals surface area contributed by atoms with Gasteiger partial charge in [0, 0.05) is 17.5 Å². The van der Waals surface area contributed by atoms with E-state index in [9.17, 15) is 9.59 Å². The predicted octanol–water partition coefficient (Wildman–Crippen LogP) is 2.68. The Morgan fingerprint density at radius 2 is 1.84 bits per heavy atom. The van der Waals surface area contributed by atoms with Crippen molar-refractivity contribution in [1.82, 2.24) is 0 Å². The zero-order chi connectivity index (χ0) is 13.8. The van der Waals surface area contributed by atoms with Gasteiger partial charge in [0.2, 0.25) is 0 Å². The van der Waals surface area contributed by atoms with Crippen LogP contribution in [0.2, 0.25) is 0 Å². The summed E-state index contributed by atoms with van der Waals surface area (Å²) < 4.78 is 0. The highest BCUT2D eigenvalue weighted by Crippen LogP contribution is 2.24. The first kappa shape index (κ1) is 13.1. The van der Waals surface area contributed by atoms with Gasteiger partial charge in [0.25, 0.3) is 0 Å². The summed E-state index contributed by atoms with van der Waals surface area (Å²) in [4.78, 5) is 22.3. The Balaban J connectivity index is 2.33. The Bertz CT molecular complexity index is 616. The van der Waals surface area contributed by atoms with Crippen LogP contribution in [-0.2, 0) is 9.59 Å². The number of fused-ring (bicyclic) bond motifs is 1. The van der Waals surface area contributed by atoms with Crippen LogP contribution in [0.25, 0.3) is 10.8 Å². The lowest BCUT2D eigenvalue weighted by molar-refractivity contribution is -0.139. The summed E-state index contributed by atoms with van der Waals surface area (Å²) in [7, 11) is 0. The van der Waals surface area contributed by atoms with Gasteiger partial charge >= 0.3 is 5.97 Å². The van der Waals surface area contributed by atoms with Crippen molar-refractivity contribution in [2.24, 2.45) is 0 Å². The number of Topliss-reactive ketones (excluding diaryl/α,β-unsaturated/α-hetero) is 1. The smallest absolute Gasteiger partial charge is 0.326 e. The van der Waals surface area contributed by atoms with Crippen LogP contribution in [0.15, 0.2) is 42.5 Å². The molecule has 0 spiro atoms. The van der Waals surface area contributed by atoms with Crippen LogP contribution < -0.4 is 5.32 Å². The monoisotopic (exact) mass is 257 g/mol. The molecule has 0 aliphatic heterocycles. The largest absolute Gasteiger partial charge is 0.480 e. The second-order valence-corrected chi connectivity index (χ2v) is 4.47. The molecule has 0 unspecified atom stereocenters. The SMILES string of the molecule is CC(=O)C[C@H](Nc1cccc2ccccc12)C(=O)O. The maximum atomic E-state index is 11.2. The van der Waals surface area contributed by atoms with Gasteiger partial charge in [-0.1, -0.05) is 36.4 Å². The molecule has 4 nitrogen and oxygen atoms in total. The fourth-order valence-corrected chi connectivity index (χ4v) is 2.03. The molecule has 0 aromatic heterocycles. The molecule has 0 radical (unpaired) electrons. The quantitative estimate of drug-likeness (QED) is 0.864. The van der Waals surface area contributed by atoms with Crippen molar-refractivity contribution in [1.29, 1.82) is 0 Å². The van der Waals surface area contributed by atoms with Crippen molar-refractivity contribution in [3.8, 4) is 0 Å². The first-order valence-corrected chi connectivity index (χ1v) is 6.04. The second kappa shape index (κ2) is 5.52. The van der Waals surface area contributed by atoms with Crippen LogP contribution in [0.3, 0.4) is 0 Å². The Kier molecular flexibility index (Phi) is 3.80. The molecule has 0 amide bonds. The fourth-order valence-electron chi connectivity index (χ4n) is 2.03. The zero-order valence-electron chi connectivity index (χ0n) is 10.6. The van der Waals surface area contributed by atoms with Crippen LogP contribution in [0.1, 0.15) is 13.3 Å². The van der Waals surface area contributed by atoms with Crippen LogP contribution in [0.5, 0.6) is 0 Å². The number of rotatable bonds is 5. The maximum Gasteiger partial charge on any atom is 0.326 e. The van der Waals surface area contributed by atoms with Crippen molar-refractivity contribution < 1.29 is 14.7 Å². The number of benzene rings is 2. The number of nitrogens with one attached hydrogen (secondary N) is 1. The first-order valence-electron chi connectivity index (χ1n) is 6.04. The van der Waals surface area contributed by atoms with Crippen LogP contribution >= 0.6 is 0 Å². The molecular weight excluding hydrogens is 242 g/mol. The van der Waals surface area contributed by atoms with Crippen LogP contribution in [-0.4, -0.2) is 22.9 Å². The summed E-state index contributed by atoms with van der Waals surface area (Å²) >= 11 is 0. The normalized spacial score (nSPS) is 12.1. The molecule has 0 saturated carbocycles. The number of carbonyl (C=O) groups is 2. The minimum atomic E-state index is -1.02. The topological polar surface area (TPSA) is 66.4 Å². The van der Waals surface area contributed by atoms with E-state index in [0.717, 1.165) is 16.5 Å². The van der Waals surface area contributed by atoms with Crippen LogP contribution in [0.4, 0.5) is 5.69 Å². The second-order valence-electron chi connectivity index (χ2n) is 4.47. The van der Waals surface area contributed by atoms with Crippen LogP contribution in [0, 0.1) is 0 Å². The van der Waals surface area contributed by atoms with Gasteiger partial charge in [-0.3, -0.25) is 4.79 Å². The molecule has 0 saturated heterocycles. The number of carboxylic acid groups (broad SMARTS) is 1. The highest BCUT2D eigenvalue weighted by atomic mass is 16.4.